The monoisotopic (exact) mass is 268 g/mol. The van der Waals surface area contributed by atoms with Crippen LogP contribution in [0.5, 0.6) is 0 Å². The molecule has 102 valence electrons. The van der Waals surface area contributed by atoms with E-state index in [1.807, 2.05) is 0 Å². The van der Waals surface area contributed by atoms with Crippen molar-refractivity contribution < 1.29 is 20.1 Å². The topological polar surface area (TPSA) is 133 Å². The lowest BCUT2D eigenvalue weighted by atomic mass is 10.0. The Bertz CT molecular complexity index is 653. The van der Waals surface area contributed by atoms with Crippen LogP contribution in [0.2, 0.25) is 0 Å². The third kappa shape index (κ3) is 1.83. The molecule has 1 aliphatic rings. The first-order valence-corrected chi connectivity index (χ1v) is 5.65. The van der Waals surface area contributed by atoms with Crippen LogP contribution < -0.4 is 5.56 Å². The van der Waals surface area contributed by atoms with Gasteiger partial charge >= 0.3 is 0 Å². The van der Waals surface area contributed by atoms with E-state index in [4.69, 9.17) is 4.74 Å². The van der Waals surface area contributed by atoms with E-state index in [0.29, 0.717) is 0 Å². The SMILES string of the molecule is O=c1[nH]cnc2c1ncn2[C@H]1OC[C@@H](O)[C@@H](O)[C@@H]1O. The van der Waals surface area contributed by atoms with Crippen molar-refractivity contribution in [3.05, 3.63) is 23.0 Å². The van der Waals surface area contributed by atoms with Gasteiger partial charge in [0.05, 0.1) is 19.3 Å². The maximum Gasteiger partial charge on any atom is 0.278 e. The van der Waals surface area contributed by atoms with Gasteiger partial charge in [-0.05, 0) is 0 Å². The Labute approximate surface area is 106 Å². The van der Waals surface area contributed by atoms with Gasteiger partial charge in [-0.2, -0.15) is 0 Å². The molecule has 9 heteroatoms. The predicted molar refractivity (Wildman–Crippen MR) is 61.2 cm³/mol. The average molecular weight is 268 g/mol. The molecule has 0 unspecified atom stereocenters. The molecule has 0 aliphatic carbocycles. The van der Waals surface area contributed by atoms with E-state index in [9.17, 15) is 20.1 Å². The van der Waals surface area contributed by atoms with Gasteiger partial charge in [-0.25, -0.2) is 9.97 Å². The van der Waals surface area contributed by atoms with E-state index < -0.39 is 30.1 Å². The summed E-state index contributed by atoms with van der Waals surface area (Å²) < 4.78 is 6.63. The molecule has 2 aromatic rings. The number of nitrogens with zero attached hydrogens (tertiary/aromatic N) is 3. The molecule has 19 heavy (non-hydrogen) atoms. The van der Waals surface area contributed by atoms with Crippen molar-refractivity contribution in [2.45, 2.75) is 24.5 Å². The summed E-state index contributed by atoms with van der Waals surface area (Å²) in [6.07, 6.45) is -2.29. The Morgan fingerprint density at radius 1 is 1.32 bits per heavy atom. The minimum atomic E-state index is -1.35. The lowest BCUT2D eigenvalue weighted by Gasteiger charge is -2.35. The lowest BCUT2D eigenvalue weighted by Crippen LogP contribution is -2.50. The second-order valence-corrected chi connectivity index (χ2v) is 4.33. The van der Waals surface area contributed by atoms with Gasteiger partial charge in [-0.15, -0.1) is 0 Å². The van der Waals surface area contributed by atoms with E-state index >= 15 is 0 Å². The fraction of sp³-hybridized carbons (Fsp3) is 0.500. The number of hydrogen-bond acceptors (Lipinski definition) is 7. The van der Waals surface area contributed by atoms with Gasteiger partial charge in [0.15, 0.2) is 17.4 Å². The summed E-state index contributed by atoms with van der Waals surface area (Å²) in [6, 6.07) is 0. The summed E-state index contributed by atoms with van der Waals surface area (Å²) >= 11 is 0. The van der Waals surface area contributed by atoms with Crippen molar-refractivity contribution in [3.8, 4) is 0 Å². The molecule has 2 aromatic heterocycles. The number of aromatic amines is 1. The van der Waals surface area contributed by atoms with E-state index in [1.54, 1.807) is 0 Å². The number of aliphatic hydroxyl groups is 3. The third-order valence-corrected chi connectivity index (χ3v) is 3.11. The molecule has 0 saturated carbocycles. The smallest absolute Gasteiger partial charge is 0.278 e. The summed E-state index contributed by atoms with van der Waals surface area (Å²) in [5.74, 6) is 0. The number of aliphatic hydroxyl groups excluding tert-OH is 3. The molecule has 0 aromatic carbocycles. The summed E-state index contributed by atoms with van der Waals surface area (Å²) in [5.41, 5.74) is -0.0649. The minimum Gasteiger partial charge on any atom is -0.388 e. The zero-order valence-corrected chi connectivity index (χ0v) is 9.67. The fourth-order valence-corrected chi connectivity index (χ4v) is 2.08. The Balaban J connectivity index is 2.05. The van der Waals surface area contributed by atoms with Crippen molar-refractivity contribution >= 4 is 11.2 Å². The van der Waals surface area contributed by atoms with E-state index in [2.05, 4.69) is 15.0 Å². The highest BCUT2D eigenvalue weighted by Crippen LogP contribution is 2.25. The highest BCUT2D eigenvalue weighted by molar-refractivity contribution is 5.68. The highest BCUT2D eigenvalue weighted by atomic mass is 16.5. The number of rotatable bonds is 1. The maximum atomic E-state index is 11.5. The molecule has 1 saturated heterocycles. The Morgan fingerprint density at radius 3 is 2.89 bits per heavy atom. The minimum absolute atomic E-state index is 0.110. The largest absolute Gasteiger partial charge is 0.388 e. The van der Waals surface area contributed by atoms with Crippen molar-refractivity contribution in [1.82, 2.24) is 19.5 Å². The molecule has 0 bridgehead atoms. The number of aromatic nitrogens is 4. The van der Waals surface area contributed by atoms with Crippen LogP contribution in [0.3, 0.4) is 0 Å². The third-order valence-electron chi connectivity index (χ3n) is 3.11. The van der Waals surface area contributed by atoms with Crippen molar-refractivity contribution in [1.29, 1.82) is 0 Å². The first-order valence-electron chi connectivity index (χ1n) is 5.65. The Kier molecular flexibility index (Phi) is 2.82. The molecule has 0 radical (unpaired) electrons. The summed E-state index contributed by atoms with van der Waals surface area (Å²) in [5, 5.41) is 28.9. The average Bonchev–Trinajstić information content (AvgIpc) is 2.82. The van der Waals surface area contributed by atoms with Crippen LogP contribution in [0, 0.1) is 0 Å². The molecule has 1 fully saturated rings. The van der Waals surface area contributed by atoms with Gasteiger partial charge in [-0.3, -0.25) is 9.36 Å². The number of ether oxygens (including phenoxy) is 1. The standard InChI is InChI=1S/C10H12N4O5/c15-4-1-19-10(7(17)6(4)16)14-3-13-5-8(14)11-2-12-9(5)18/h2-4,6-7,10,15-17H,1H2,(H,11,12,18)/t4-,6-,7+,10+/m1/s1. The summed E-state index contributed by atoms with van der Waals surface area (Å²) in [6.45, 7) is -0.133. The van der Waals surface area contributed by atoms with Gasteiger partial charge in [0.25, 0.3) is 5.56 Å². The molecule has 1 aliphatic heterocycles. The fourth-order valence-electron chi connectivity index (χ4n) is 2.08. The van der Waals surface area contributed by atoms with Crippen LogP contribution in [-0.4, -0.2) is 59.8 Å². The van der Waals surface area contributed by atoms with E-state index in [1.165, 1.54) is 17.2 Å². The van der Waals surface area contributed by atoms with Crippen LogP contribution in [0.25, 0.3) is 11.2 Å². The first-order chi connectivity index (χ1) is 9.09. The zero-order chi connectivity index (χ0) is 13.6. The second kappa shape index (κ2) is 4.38. The van der Waals surface area contributed by atoms with Crippen LogP contribution in [0.4, 0.5) is 0 Å². The molecule has 3 rings (SSSR count). The van der Waals surface area contributed by atoms with Crippen LogP contribution in [-0.2, 0) is 4.74 Å². The summed E-state index contributed by atoms with van der Waals surface area (Å²) in [7, 11) is 0. The molecule has 3 heterocycles. The molecule has 4 N–H and O–H groups in total. The highest BCUT2D eigenvalue weighted by Gasteiger charge is 2.39. The molecular formula is C10H12N4O5. The van der Waals surface area contributed by atoms with Crippen LogP contribution in [0.1, 0.15) is 6.23 Å². The van der Waals surface area contributed by atoms with Gasteiger partial charge < -0.3 is 25.0 Å². The predicted octanol–water partition coefficient (Wildman–Crippen LogP) is -2.27. The number of imidazole rings is 1. The zero-order valence-electron chi connectivity index (χ0n) is 9.67. The van der Waals surface area contributed by atoms with Gasteiger partial charge in [0.1, 0.15) is 18.3 Å². The van der Waals surface area contributed by atoms with Crippen molar-refractivity contribution in [2.24, 2.45) is 0 Å². The molecule has 0 spiro atoms. The molecule has 9 nitrogen and oxygen atoms in total. The molecule has 4 atom stereocenters. The number of fused-ring (bicyclic) bond motifs is 1. The number of hydrogen-bond donors (Lipinski definition) is 4. The lowest BCUT2D eigenvalue weighted by molar-refractivity contribution is -0.210. The Morgan fingerprint density at radius 2 is 2.11 bits per heavy atom. The number of H-pyrrole nitrogens is 1. The number of nitrogens with one attached hydrogen (secondary N) is 1. The molecule has 0 amide bonds. The molecular weight excluding hydrogens is 256 g/mol. The maximum absolute atomic E-state index is 11.5. The van der Waals surface area contributed by atoms with Crippen molar-refractivity contribution in [2.75, 3.05) is 6.61 Å². The van der Waals surface area contributed by atoms with Gasteiger partial charge in [-0.1, -0.05) is 0 Å². The van der Waals surface area contributed by atoms with Crippen molar-refractivity contribution in [3.63, 3.8) is 0 Å². The van der Waals surface area contributed by atoms with Gasteiger partial charge in [0.2, 0.25) is 0 Å². The summed E-state index contributed by atoms with van der Waals surface area (Å²) in [4.78, 5) is 21.7. The first kappa shape index (κ1) is 12.2. The second-order valence-electron chi connectivity index (χ2n) is 4.33. The Hall–Kier alpha value is -1.81. The van der Waals surface area contributed by atoms with Gasteiger partial charge in [0, 0.05) is 0 Å². The van der Waals surface area contributed by atoms with E-state index in [-0.39, 0.29) is 17.8 Å². The van der Waals surface area contributed by atoms with Crippen LogP contribution in [0.15, 0.2) is 17.4 Å². The quantitative estimate of drug-likeness (QED) is 0.458. The van der Waals surface area contributed by atoms with E-state index in [0.717, 1.165) is 0 Å². The normalized spacial score (nSPS) is 31.7. The van der Waals surface area contributed by atoms with Crippen LogP contribution >= 0.6 is 0 Å².